The first-order valence-corrected chi connectivity index (χ1v) is 0. The first kappa shape index (κ1) is 48.6. The van der Waals surface area contributed by atoms with Crippen molar-refractivity contribution in [3.05, 3.63) is 0 Å². The summed E-state index contributed by atoms with van der Waals surface area (Å²) in [6.07, 6.45) is 0. The molecule has 0 nitrogen and oxygen atoms in total. The Kier molecular flexibility index (Phi) is 283. The number of hydrogen-bond acceptors (Lipinski definition) is 0. The van der Waals surface area contributed by atoms with Crippen LogP contribution in [-0.4, -0.2) is 75.5 Å². The summed E-state index contributed by atoms with van der Waals surface area (Å²) in [7, 11) is 0. The molecule has 6 heavy (non-hydrogen) atoms. The summed E-state index contributed by atoms with van der Waals surface area (Å²) in [5.41, 5.74) is 0. The first-order chi connectivity index (χ1) is 0. The summed E-state index contributed by atoms with van der Waals surface area (Å²) in [4.78, 5) is 0. The Hall–Kier alpha value is 4.24. The van der Waals surface area contributed by atoms with Gasteiger partial charge < -0.3 is 0 Å². The van der Waals surface area contributed by atoms with Gasteiger partial charge in [-0.2, -0.15) is 39.6 Å². The molecule has 0 rings (SSSR count). The van der Waals surface area contributed by atoms with Gasteiger partial charge in [0, 0.05) is 0 Å². The molecule has 0 aliphatic carbocycles. The summed E-state index contributed by atoms with van der Waals surface area (Å²) < 4.78 is 0. The van der Waals surface area contributed by atoms with Crippen LogP contribution in [-0.2, 0) is 0 Å². The maximum atomic E-state index is 0. The van der Waals surface area contributed by atoms with Crippen LogP contribution in [0.25, 0.3) is 0 Å². The molecular formula is H16Ca2P4. The van der Waals surface area contributed by atoms with Crippen molar-refractivity contribution in [1.29, 1.82) is 0 Å². The maximum absolute atomic E-state index is 0. The fourth-order valence-electron chi connectivity index (χ4n) is 0. The van der Waals surface area contributed by atoms with Crippen molar-refractivity contribution in [3.63, 3.8) is 0 Å². The van der Waals surface area contributed by atoms with E-state index in [0.717, 1.165) is 0 Å². The van der Waals surface area contributed by atoms with Gasteiger partial charge in [0.05, 0.1) is 0 Å². The second-order valence-electron chi connectivity index (χ2n) is 0. The zero-order valence-corrected chi connectivity index (χ0v) is 8.49. The third-order valence-electron chi connectivity index (χ3n) is 0. The van der Waals surface area contributed by atoms with Crippen molar-refractivity contribution in [2.24, 2.45) is 0 Å². The topological polar surface area (TPSA) is 0 Å². The molecule has 0 heterocycles. The van der Waals surface area contributed by atoms with E-state index in [1.165, 1.54) is 0 Å². The van der Waals surface area contributed by atoms with Crippen LogP contribution >= 0.6 is 39.6 Å². The molecule has 6 heteroatoms. The molecule has 0 saturated carbocycles. The Morgan fingerprint density at radius 2 is 0.333 bits per heavy atom. The summed E-state index contributed by atoms with van der Waals surface area (Å²) in [5, 5.41) is 0. The Morgan fingerprint density at radius 1 is 0.333 bits per heavy atom. The van der Waals surface area contributed by atoms with Crippen LogP contribution in [0.2, 0.25) is 0 Å². The Bertz CT molecular complexity index is 5.51. The average Bonchev–Trinajstić information content (AvgIpc) is 0. The van der Waals surface area contributed by atoms with Gasteiger partial charge in [-0.25, -0.2) is 0 Å². The molecule has 0 aromatic rings. The van der Waals surface area contributed by atoms with E-state index in [1.54, 1.807) is 0 Å². The van der Waals surface area contributed by atoms with Gasteiger partial charge in [-0.15, -0.1) is 0 Å². The van der Waals surface area contributed by atoms with Gasteiger partial charge in [-0.1, -0.05) is 0 Å². The predicted molar refractivity (Wildman–Crippen MR) is 61.5 cm³/mol. The van der Waals surface area contributed by atoms with Gasteiger partial charge >= 0.3 is 75.5 Å². The Labute approximate surface area is 113 Å². The van der Waals surface area contributed by atoms with E-state index in [-0.39, 0.29) is 115 Å². The van der Waals surface area contributed by atoms with E-state index in [0.29, 0.717) is 0 Å². The van der Waals surface area contributed by atoms with E-state index in [4.69, 9.17) is 0 Å². The summed E-state index contributed by atoms with van der Waals surface area (Å²) in [6, 6.07) is 0. The normalized spacial score (nSPS) is 0. The Morgan fingerprint density at radius 3 is 0.333 bits per heavy atom. The average molecular weight is 220 g/mol. The molecule has 0 amide bonds. The standard InChI is InChI=1S/2Ca.4H3P.4H/h;;4*1H3;;;;. The van der Waals surface area contributed by atoms with Gasteiger partial charge in [-0.3, -0.25) is 0 Å². The van der Waals surface area contributed by atoms with E-state index >= 15 is 0 Å². The summed E-state index contributed by atoms with van der Waals surface area (Å²) in [6.45, 7) is 0. The van der Waals surface area contributed by atoms with Crippen LogP contribution in [0, 0.1) is 0 Å². The van der Waals surface area contributed by atoms with Crippen LogP contribution in [0.5, 0.6) is 0 Å². The van der Waals surface area contributed by atoms with E-state index in [2.05, 4.69) is 0 Å². The fourth-order valence-corrected chi connectivity index (χ4v) is 0. The van der Waals surface area contributed by atoms with Crippen molar-refractivity contribution < 1.29 is 0 Å². The van der Waals surface area contributed by atoms with Crippen LogP contribution in [0.3, 0.4) is 0 Å². The SMILES string of the molecule is P.P.P.P.[CaH2].[CaH2]. The zero-order valence-electron chi connectivity index (χ0n) is 2.83. The van der Waals surface area contributed by atoms with Crippen LogP contribution < -0.4 is 0 Å². The molecule has 0 saturated heterocycles. The van der Waals surface area contributed by atoms with Crippen LogP contribution in [0.4, 0.5) is 0 Å². The second kappa shape index (κ2) is 34.9. The monoisotopic (exact) mass is 220 g/mol. The Balaban J connectivity index is 0. The molecule has 40 valence electrons. The van der Waals surface area contributed by atoms with Crippen LogP contribution in [0.1, 0.15) is 0 Å². The van der Waals surface area contributed by atoms with E-state index in [9.17, 15) is 0 Å². The van der Waals surface area contributed by atoms with E-state index < -0.39 is 0 Å². The predicted octanol–water partition coefficient (Wildman–Crippen LogP) is -1.60. The fraction of sp³-hybridized carbons (Fsp3) is 0. The third kappa shape index (κ3) is 24.0. The van der Waals surface area contributed by atoms with Crippen molar-refractivity contribution in [3.8, 4) is 0 Å². The molecule has 0 aromatic carbocycles. The molecule has 0 radical (unpaired) electrons. The minimum atomic E-state index is 0. The van der Waals surface area contributed by atoms with Crippen molar-refractivity contribution in [2.75, 3.05) is 0 Å². The molecule has 0 N–H and O–H groups in total. The summed E-state index contributed by atoms with van der Waals surface area (Å²) >= 11 is 0. The number of rotatable bonds is 0. The molecule has 4 unspecified atom stereocenters. The molecular weight excluding hydrogens is 204 g/mol. The van der Waals surface area contributed by atoms with Crippen molar-refractivity contribution in [2.45, 2.75) is 0 Å². The quantitative estimate of drug-likeness (QED) is 0.341. The zero-order chi connectivity index (χ0) is 0. The molecule has 0 aliphatic rings. The van der Waals surface area contributed by atoms with Gasteiger partial charge in [0.1, 0.15) is 0 Å². The van der Waals surface area contributed by atoms with E-state index in [1.807, 2.05) is 0 Å². The molecule has 0 aromatic heterocycles. The minimum absolute atomic E-state index is 0. The van der Waals surface area contributed by atoms with Crippen molar-refractivity contribution >= 4 is 115 Å². The molecule has 0 spiro atoms. The second-order valence-corrected chi connectivity index (χ2v) is 0. The molecule has 0 bridgehead atoms. The number of hydrogen-bond donors (Lipinski definition) is 0. The first-order valence-electron chi connectivity index (χ1n) is 0. The third-order valence-corrected chi connectivity index (χ3v) is 0. The van der Waals surface area contributed by atoms with Gasteiger partial charge in [-0.05, 0) is 0 Å². The van der Waals surface area contributed by atoms with Gasteiger partial charge in [0.2, 0.25) is 0 Å². The molecule has 0 fully saturated rings. The molecule has 0 aliphatic heterocycles. The molecule has 4 atom stereocenters. The summed E-state index contributed by atoms with van der Waals surface area (Å²) in [5.74, 6) is 0. The van der Waals surface area contributed by atoms with Gasteiger partial charge in [0.15, 0.2) is 0 Å². The van der Waals surface area contributed by atoms with Crippen LogP contribution in [0.15, 0.2) is 0 Å². The van der Waals surface area contributed by atoms with Crippen molar-refractivity contribution in [1.82, 2.24) is 0 Å². The van der Waals surface area contributed by atoms with Gasteiger partial charge in [0.25, 0.3) is 0 Å².